The molecule has 1 unspecified atom stereocenters. The summed E-state index contributed by atoms with van der Waals surface area (Å²) in [5, 5.41) is 5.51. The molecule has 1 atom stereocenters. The van der Waals surface area contributed by atoms with Crippen LogP contribution in [-0.2, 0) is 16.1 Å². The number of fused-ring (bicyclic) bond motifs is 1. The minimum Gasteiger partial charge on any atom is -0.463 e. The number of nitrogens with zero attached hydrogens (tertiary/aromatic N) is 2. The summed E-state index contributed by atoms with van der Waals surface area (Å²) >= 11 is 0. The molecule has 1 amide bonds. The molecule has 0 fully saturated rings. The molecule has 0 saturated heterocycles. The van der Waals surface area contributed by atoms with Crippen molar-refractivity contribution >= 4 is 17.7 Å². The largest absolute Gasteiger partial charge is 0.463 e. The van der Waals surface area contributed by atoms with Crippen molar-refractivity contribution in [2.75, 3.05) is 11.9 Å². The number of carbonyl (C=O) groups is 2. The predicted molar refractivity (Wildman–Crippen MR) is 79.3 cm³/mol. The molecule has 1 aliphatic heterocycles. The van der Waals surface area contributed by atoms with E-state index in [2.05, 4.69) is 15.6 Å². The monoisotopic (exact) mass is 300 g/mol. The predicted octanol–water partition coefficient (Wildman–Crippen LogP) is 0.976. The van der Waals surface area contributed by atoms with Crippen LogP contribution in [0.15, 0.2) is 36.7 Å². The number of imidazole rings is 1. The van der Waals surface area contributed by atoms with E-state index in [1.165, 1.54) is 0 Å². The Morgan fingerprint density at radius 3 is 2.82 bits per heavy atom. The smallest absolute Gasteiger partial charge is 0.349 e. The van der Waals surface area contributed by atoms with E-state index in [4.69, 9.17) is 4.74 Å². The number of ether oxygens (including phenoxy) is 1. The van der Waals surface area contributed by atoms with Crippen LogP contribution in [0.1, 0.15) is 23.0 Å². The highest BCUT2D eigenvalue weighted by Gasteiger charge is 2.32. The lowest BCUT2D eigenvalue weighted by atomic mass is 10.2. The maximum absolute atomic E-state index is 12.0. The number of esters is 1. The van der Waals surface area contributed by atoms with Crippen LogP contribution in [0.3, 0.4) is 0 Å². The second kappa shape index (κ2) is 5.88. The average Bonchev–Trinajstić information content (AvgIpc) is 2.92. The molecule has 2 aromatic rings. The van der Waals surface area contributed by atoms with Gasteiger partial charge in [-0.2, -0.15) is 0 Å². The molecular formula is C15H16N4O3. The summed E-state index contributed by atoms with van der Waals surface area (Å²) in [6, 6.07) is 9.80. The van der Waals surface area contributed by atoms with Gasteiger partial charge in [-0.25, -0.2) is 9.78 Å². The maximum atomic E-state index is 12.0. The zero-order valence-corrected chi connectivity index (χ0v) is 12.1. The molecule has 7 heteroatoms. The number of nitrogens with one attached hydrogen (secondary N) is 2. The van der Waals surface area contributed by atoms with E-state index in [-0.39, 0.29) is 12.3 Å². The summed E-state index contributed by atoms with van der Waals surface area (Å²) in [4.78, 5) is 28.0. The molecule has 1 aromatic carbocycles. The normalized spacial score (nSPS) is 16.4. The van der Waals surface area contributed by atoms with Gasteiger partial charge in [0.25, 0.3) is 5.91 Å². The molecule has 114 valence electrons. The first kappa shape index (κ1) is 14.1. The van der Waals surface area contributed by atoms with Gasteiger partial charge >= 0.3 is 5.97 Å². The van der Waals surface area contributed by atoms with E-state index in [9.17, 15) is 9.59 Å². The van der Waals surface area contributed by atoms with Crippen molar-refractivity contribution in [2.24, 2.45) is 0 Å². The highest BCUT2D eigenvalue weighted by molar-refractivity contribution is 6.02. The van der Waals surface area contributed by atoms with Crippen LogP contribution in [0.2, 0.25) is 0 Å². The number of hydrogen-bond donors (Lipinski definition) is 2. The van der Waals surface area contributed by atoms with Crippen LogP contribution in [-0.4, -0.2) is 34.2 Å². The fraction of sp³-hybridized carbons (Fsp3) is 0.267. The Kier molecular flexibility index (Phi) is 3.78. The van der Waals surface area contributed by atoms with Crippen molar-refractivity contribution in [1.29, 1.82) is 0 Å². The highest BCUT2D eigenvalue weighted by Crippen LogP contribution is 2.21. The van der Waals surface area contributed by atoms with E-state index >= 15 is 0 Å². The fourth-order valence-corrected chi connectivity index (χ4v) is 2.32. The number of carbonyl (C=O) groups excluding carboxylic acids is 2. The minimum atomic E-state index is -0.897. The van der Waals surface area contributed by atoms with Crippen LogP contribution in [0.25, 0.3) is 0 Å². The summed E-state index contributed by atoms with van der Waals surface area (Å²) in [6.45, 7) is 2.52. The minimum absolute atomic E-state index is 0.253. The first-order chi connectivity index (χ1) is 10.7. The summed E-state index contributed by atoms with van der Waals surface area (Å²) < 4.78 is 6.73. The SMILES string of the molecule is CCOC(=O)C1NC(=O)c2ncn(Cc3ccccc3)c2N1. The quantitative estimate of drug-likeness (QED) is 0.822. The van der Waals surface area contributed by atoms with Crippen LogP contribution in [0, 0.1) is 0 Å². The van der Waals surface area contributed by atoms with Gasteiger partial charge in [0.15, 0.2) is 5.69 Å². The summed E-state index contributed by atoms with van der Waals surface area (Å²) in [7, 11) is 0. The molecule has 3 rings (SSSR count). The Labute approximate surface area is 127 Å². The van der Waals surface area contributed by atoms with E-state index in [1.807, 2.05) is 30.3 Å². The van der Waals surface area contributed by atoms with Crippen molar-refractivity contribution < 1.29 is 14.3 Å². The lowest BCUT2D eigenvalue weighted by Crippen LogP contribution is -2.51. The first-order valence-electron chi connectivity index (χ1n) is 7.02. The molecule has 0 spiro atoms. The van der Waals surface area contributed by atoms with Crippen LogP contribution in [0.4, 0.5) is 5.82 Å². The zero-order valence-electron chi connectivity index (χ0n) is 12.1. The molecule has 0 radical (unpaired) electrons. The Hall–Kier alpha value is -2.83. The highest BCUT2D eigenvalue weighted by atomic mass is 16.5. The van der Waals surface area contributed by atoms with E-state index in [0.717, 1.165) is 5.56 Å². The van der Waals surface area contributed by atoms with Gasteiger partial charge in [0.2, 0.25) is 6.17 Å². The second-order valence-electron chi connectivity index (χ2n) is 4.86. The molecule has 0 aliphatic carbocycles. The van der Waals surface area contributed by atoms with Crippen LogP contribution >= 0.6 is 0 Å². The number of anilines is 1. The third kappa shape index (κ3) is 2.65. The van der Waals surface area contributed by atoms with Gasteiger partial charge in [0.1, 0.15) is 5.82 Å². The third-order valence-electron chi connectivity index (χ3n) is 3.33. The number of amides is 1. The molecular weight excluding hydrogens is 284 g/mol. The fourth-order valence-electron chi connectivity index (χ4n) is 2.32. The maximum Gasteiger partial charge on any atom is 0.349 e. The number of aromatic nitrogens is 2. The molecule has 2 heterocycles. The van der Waals surface area contributed by atoms with Crippen LogP contribution in [0.5, 0.6) is 0 Å². The molecule has 1 aliphatic rings. The van der Waals surface area contributed by atoms with E-state index < -0.39 is 18.0 Å². The van der Waals surface area contributed by atoms with Crippen molar-refractivity contribution in [1.82, 2.24) is 14.9 Å². The standard InChI is InChI=1S/C15H16N4O3/c1-2-22-15(21)12-17-13-11(14(20)18-12)16-9-19(13)8-10-6-4-3-5-7-10/h3-7,9,12,17H,2,8H2,1H3,(H,18,20). The van der Waals surface area contributed by atoms with Gasteiger partial charge in [-0.3, -0.25) is 4.79 Å². The van der Waals surface area contributed by atoms with Gasteiger partial charge in [-0.15, -0.1) is 0 Å². The van der Waals surface area contributed by atoms with Gasteiger partial charge in [0.05, 0.1) is 19.5 Å². The van der Waals surface area contributed by atoms with Gasteiger partial charge in [-0.05, 0) is 12.5 Å². The molecule has 22 heavy (non-hydrogen) atoms. The average molecular weight is 300 g/mol. The number of rotatable bonds is 4. The summed E-state index contributed by atoms with van der Waals surface area (Å²) in [5.74, 6) is -0.391. The number of benzene rings is 1. The lowest BCUT2D eigenvalue weighted by Gasteiger charge is -2.24. The Morgan fingerprint density at radius 2 is 2.09 bits per heavy atom. The molecule has 0 bridgehead atoms. The lowest BCUT2D eigenvalue weighted by molar-refractivity contribution is -0.144. The van der Waals surface area contributed by atoms with Crippen molar-refractivity contribution in [3.8, 4) is 0 Å². The van der Waals surface area contributed by atoms with Gasteiger partial charge < -0.3 is 19.9 Å². The topological polar surface area (TPSA) is 85.2 Å². The van der Waals surface area contributed by atoms with Crippen LogP contribution < -0.4 is 10.6 Å². The molecule has 7 nitrogen and oxygen atoms in total. The zero-order chi connectivity index (χ0) is 15.5. The Morgan fingerprint density at radius 1 is 1.32 bits per heavy atom. The molecule has 0 saturated carbocycles. The Balaban J connectivity index is 1.85. The van der Waals surface area contributed by atoms with Gasteiger partial charge in [0, 0.05) is 0 Å². The van der Waals surface area contributed by atoms with Gasteiger partial charge in [-0.1, -0.05) is 30.3 Å². The number of hydrogen-bond acceptors (Lipinski definition) is 5. The van der Waals surface area contributed by atoms with E-state index in [0.29, 0.717) is 12.4 Å². The first-order valence-corrected chi connectivity index (χ1v) is 7.02. The summed E-state index contributed by atoms with van der Waals surface area (Å²) in [5.41, 5.74) is 1.35. The third-order valence-corrected chi connectivity index (χ3v) is 3.33. The molecule has 2 N–H and O–H groups in total. The van der Waals surface area contributed by atoms with Crippen molar-refractivity contribution in [2.45, 2.75) is 19.6 Å². The van der Waals surface area contributed by atoms with Crippen molar-refractivity contribution in [3.63, 3.8) is 0 Å². The van der Waals surface area contributed by atoms with Crippen molar-refractivity contribution in [3.05, 3.63) is 47.9 Å². The van der Waals surface area contributed by atoms with E-state index in [1.54, 1.807) is 17.8 Å². The second-order valence-corrected chi connectivity index (χ2v) is 4.86. The summed E-state index contributed by atoms with van der Waals surface area (Å²) in [6.07, 6.45) is 0.684. The molecule has 1 aromatic heterocycles. The Bertz CT molecular complexity index is 696.